The molecular weight excluding hydrogens is 296 g/mol. The first-order valence-electron chi connectivity index (χ1n) is 6.81. The minimum Gasteiger partial charge on any atom is -0.480 e. The van der Waals surface area contributed by atoms with Crippen LogP contribution in [0.1, 0.15) is 31.2 Å². The van der Waals surface area contributed by atoms with Gasteiger partial charge in [0, 0.05) is 32.6 Å². The summed E-state index contributed by atoms with van der Waals surface area (Å²) in [6, 6.07) is 2.09. The zero-order chi connectivity index (χ0) is 16.7. The van der Waals surface area contributed by atoms with Gasteiger partial charge in [-0.15, -0.1) is 0 Å². The van der Waals surface area contributed by atoms with Crippen molar-refractivity contribution in [3.8, 4) is 0 Å². The van der Waals surface area contributed by atoms with Crippen LogP contribution in [-0.4, -0.2) is 36.7 Å². The molecule has 0 saturated heterocycles. The van der Waals surface area contributed by atoms with Gasteiger partial charge in [0.05, 0.1) is 0 Å². The van der Waals surface area contributed by atoms with Crippen molar-refractivity contribution >= 4 is 11.9 Å². The summed E-state index contributed by atoms with van der Waals surface area (Å²) >= 11 is 0. The zero-order valence-electron chi connectivity index (χ0n) is 12.4. The second-order valence-corrected chi connectivity index (χ2v) is 5.01. The number of halogens is 2. The molecular formula is C15H19F2NO4. The lowest BCUT2D eigenvalue weighted by Crippen LogP contribution is -2.41. The highest BCUT2D eigenvalue weighted by Gasteiger charge is 2.22. The second-order valence-electron chi connectivity index (χ2n) is 5.01. The molecule has 1 aromatic rings. The molecule has 0 radical (unpaired) electrons. The van der Waals surface area contributed by atoms with Crippen molar-refractivity contribution in [2.24, 2.45) is 0 Å². The number of carbonyl (C=O) groups is 2. The Morgan fingerprint density at radius 1 is 1.36 bits per heavy atom. The van der Waals surface area contributed by atoms with E-state index in [1.54, 1.807) is 6.92 Å². The number of ether oxygens (including phenoxy) is 1. The average molecular weight is 315 g/mol. The molecule has 2 atom stereocenters. The number of carbonyl (C=O) groups excluding carboxylic acids is 1. The predicted octanol–water partition coefficient (Wildman–Crippen LogP) is 2.06. The molecule has 1 amide bonds. The van der Waals surface area contributed by atoms with Crippen molar-refractivity contribution < 1.29 is 28.2 Å². The van der Waals surface area contributed by atoms with Crippen LogP contribution >= 0.6 is 0 Å². The average Bonchev–Trinajstić information content (AvgIpc) is 2.42. The molecule has 0 aliphatic heterocycles. The summed E-state index contributed by atoms with van der Waals surface area (Å²) in [5.74, 6) is -3.60. The molecule has 7 heteroatoms. The molecule has 0 fully saturated rings. The van der Waals surface area contributed by atoms with Gasteiger partial charge >= 0.3 is 5.97 Å². The Morgan fingerprint density at radius 2 is 2.05 bits per heavy atom. The molecule has 0 heterocycles. The Hall–Kier alpha value is -2.02. The highest BCUT2D eigenvalue weighted by atomic mass is 19.1. The van der Waals surface area contributed by atoms with Gasteiger partial charge in [-0.1, -0.05) is 13.0 Å². The third-order valence-corrected chi connectivity index (χ3v) is 3.23. The van der Waals surface area contributed by atoms with Gasteiger partial charge in [0.25, 0.3) is 0 Å². The number of aliphatic carboxylic acids is 1. The minimum absolute atomic E-state index is 0.0979. The predicted molar refractivity (Wildman–Crippen MR) is 75.4 cm³/mol. The fourth-order valence-corrected chi connectivity index (χ4v) is 2.04. The number of hydrogen-bond acceptors (Lipinski definition) is 3. The summed E-state index contributed by atoms with van der Waals surface area (Å²) in [6.07, 6.45) is 0.0379. The molecule has 22 heavy (non-hydrogen) atoms. The molecule has 0 aliphatic carbocycles. The monoisotopic (exact) mass is 315 g/mol. The number of carboxylic acids is 1. The van der Waals surface area contributed by atoms with Crippen LogP contribution in [0, 0.1) is 11.6 Å². The fraction of sp³-hybridized carbons (Fsp3) is 0.467. The van der Waals surface area contributed by atoms with Gasteiger partial charge in [0.15, 0.2) is 0 Å². The highest BCUT2D eigenvalue weighted by Crippen LogP contribution is 2.22. The topological polar surface area (TPSA) is 75.6 Å². The number of rotatable bonds is 8. The molecule has 1 aromatic carbocycles. The molecule has 5 nitrogen and oxygen atoms in total. The SMILES string of the molecule is COCCC(NC(=O)CC(C)c1ccc(F)cc1F)C(=O)O. The summed E-state index contributed by atoms with van der Waals surface area (Å²) in [7, 11) is 1.43. The number of nitrogens with one attached hydrogen (secondary N) is 1. The quantitative estimate of drug-likeness (QED) is 0.770. The van der Waals surface area contributed by atoms with Crippen LogP contribution < -0.4 is 5.32 Å². The van der Waals surface area contributed by atoms with E-state index in [0.717, 1.165) is 12.1 Å². The molecule has 0 bridgehead atoms. The lowest BCUT2D eigenvalue weighted by molar-refractivity contribution is -0.142. The van der Waals surface area contributed by atoms with E-state index in [-0.39, 0.29) is 25.0 Å². The summed E-state index contributed by atoms with van der Waals surface area (Å²) in [5, 5.41) is 11.4. The van der Waals surface area contributed by atoms with E-state index in [1.165, 1.54) is 13.2 Å². The van der Waals surface area contributed by atoms with E-state index >= 15 is 0 Å². The first kappa shape index (κ1) is 18.0. The van der Waals surface area contributed by atoms with Gasteiger partial charge in [-0.25, -0.2) is 13.6 Å². The number of methoxy groups -OCH3 is 1. The maximum Gasteiger partial charge on any atom is 0.326 e. The van der Waals surface area contributed by atoms with Gasteiger partial charge in [0.2, 0.25) is 5.91 Å². The van der Waals surface area contributed by atoms with Crippen LogP contribution in [0.15, 0.2) is 18.2 Å². The van der Waals surface area contributed by atoms with Gasteiger partial charge in [0.1, 0.15) is 17.7 Å². The van der Waals surface area contributed by atoms with E-state index < -0.39 is 35.5 Å². The van der Waals surface area contributed by atoms with Crippen molar-refractivity contribution in [3.63, 3.8) is 0 Å². The Kier molecular flexibility index (Phi) is 6.91. The van der Waals surface area contributed by atoms with Crippen LogP contribution in [0.4, 0.5) is 8.78 Å². The van der Waals surface area contributed by atoms with Crippen LogP contribution in [0.2, 0.25) is 0 Å². The minimum atomic E-state index is -1.16. The first-order chi connectivity index (χ1) is 10.3. The van der Waals surface area contributed by atoms with E-state index in [0.29, 0.717) is 0 Å². The lowest BCUT2D eigenvalue weighted by Gasteiger charge is -2.17. The largest absolute Gasteiger partial charge is 0.480 e. The third-order valence-electron chi connectivity index (χ3n) is 3.23. The van der Waals surface area contributed by atoms with Crippen molar-refractivity contribution in [1.29, 1.82) is 0 Å². The normalized spacial score (nSPS) is 13.5. The summed E-state index contributed by atoms with van der Waals surface area (Å²) in [6.45, 7) is 1.81. The highest BCUT2D eigenvalue weighted by molar-refractivity contribution is 5.83. The summed E-state index contributed by atoms with van der Waals surface area (Å²) in [5.41, 5.74) is 0.209. The van der Waals surface area contributed by atoms with Crippen molar-refractivity contribution in [2.75, 3.05) is 13.7 Å². The van der Waals surface area contributed by atoms with Gasteiger partial charge in [-0.2, -0.15) is 0 Å². The number of benzene rings is 1. The molecule has 2 unspecified atom stereocenters. The zero-order valence-corrected chi connectivity index (χ0v) is 12.4. The van der Waals surface area contributed by atoms with Crippen LogP contribution in [0.5, 0.6) is 0 Å². The molecule has 2 N–H and O–H groups in total. The Balaban J connectivity index is 2.64. The molecule has 0 aliphatic rings. The number of amides is 1. The Labute approximate surface area is 127 Å². The maximum atomic E-state index is 13.6. The van der Waals surface area contributed by atoms with E-state index in [2.05, 4.69) is 5.32 Å². The summed E-state index contributed by atoms with van der Waals surface area (Å²) < 4.78 is 31.3. The van der Waals surface area contributed by atoms with E-state index in [4.69, 9.17) is 9.84 Å². The molecule has 1 rings (SSSR count). The smallest absolute Gasteiger partial charge is 0.326 e. The molecule has 0 spiro atoms. The van der Waals surface area contributed by atoms with Crippen molar-refractivity contribution in [2.45, 2.75) is 31.7 Å². The molecule has 0 saturated carbocycles. The van der Waals surface area contributed by atoms with Crippen LogP contribution in [0.3, 0.4) is 0 Å². The molecule has 0 aromatic heterocycles. The maximum absolute atomic E-state index is 13.6. The van der Waals surface area contributed by atoms with Gasteiger partial charge in [-0.05, 0) is 17.5 Å². The lowest BCUT2D eigenvalue weighted by atomic mass is 9.96. The fourth-order valence-electron chi connectivity index (χ4n) is 2.04. The van der Waals surface area contributed by atoms with Gasteiger partial charge < -0.3 is 15.2 Å². The first-order valence-corrected chi connectivity index (χ1v) is 6.81. The van der Waals surface area contributed by atoms with E-state index in [9.17, 15) is 18.4 Å². The van der Waals surface area contributed by atoms with Crippen molar-refractivity contribution in [3.05, 3.63) is 35.4 Å². The number of carboxylic acid groups (broad SMARTS) is 1. The Morgan fingerprint density at radius 3 is 2.59 bits per heavy atom. The second kappa shape index (κ2) is 8.43. The van der Waals surface area contributed by atoms with Crippen molar-refractivity contribution in [1.82, 2.24) is 5.32 Å². The Bertz CT molecular complexity index is 536. The standard InChI is InChI=1S/C15H19F2NO4/c1-9(11-4-3-10(16)8-12(11)17)7-14(19)18-13(15(20)21)5-6-22-2/h3-4,8-9,13H,5-7H2,1-2H3,(H,18,19)(H,20,21). The number of hydrogen-bond donors (Lipinski definition) is 2. The van der Waals surface area contributed by atoms with Gasteiger partial charge in [-0.3, -0.25) is 4.79 Å². The third kappa shape index (κ3) is 5.40. The molecule has 122 valence electrons. The van der Waals surface area contributed by atoms with Crippen LogP contribution in [-0.2, 0) is 14.3 Å². The summed E-state index contributed by atoms with van der Waals surface area (Å²) in [4.78, 5) is 22.9. The van der Waals surface area contributed by atoms with Crippen LogP contribution in [0.25, 0.3) is 0 Å². The van der Waals surface area contributed by atoms with E-state index in [1.807, 2.05) is 0 Å².